The molecule has 92 valence electrons. The maximum atomic E-state index is 10.6. The van der Waals surface area contributed by atoms with Crippen LogP contribution in [0.25, 0.3) is 5.82 Å². The minimum absolute atomic E-state index is 0.0807. The number of rotatable bonds is 3. The molecule has 0 aliphatic rings. The summed E-state index contributed by atoms with van der Waals surface area (Å²) in [7, 11) is 0. The number of hydrogen-bond acceptors (Lipinski definition) is 7. The van der Waals surface area contributed by atoms with Crippen LogP contribution in [0.15, 0.2) is 30.1 Å². The van der Waals surface area contributed by atoms with Crippen LogP contribution in [0.5, 0.6) is 0 Å². The Hall–Kier alpha value is -3.04. The number of nitrogens with zero attached hydrogens (tertiary/aromatic N) is 6. The van der Waals surface area contributed by atoms with Gasteiger partial charge in [-0.3, -0.25) is 10.1 Å². The highest BCUT2D eigenvalue weighted by molar-refractivity contribution is 6.00. The zero-order chi connectivity index (χ0) is 13.1. The molecule has 3 N–H and O–H groups in total. The van der Waals surface area contributed by atoms with E-state index in [0.29, 0.717) is 0 Å². The Kier molecular flexibility index (Phi) is 2.83. The fraction of sp³-hybridized carbons (Fsp3) is 0. The van der Waals surface area contributed by atoms with Crippen LogP contribution in [0.2, 0.25) is 0 Å². The van der Waals surface area contributed by atoms with Crippen LogP contribution < -0.4 is 5.73 Å². The summed E-state index contributed by atoms with van der Waals surface area (Å²) in [6, 6.07) is 1.14. The molecule has 2 aromatic heterocycles. The van der Waals surface area contributed by atoms with Gasteiger partial charge in [-0.25, -0.2) is 14.6 Å². The first-order valence-electron chi connectivity index (χ1n) is 4.61. The van der Waals surface area contributed by atoms with Crippen molar-refractivity contribution in [2.24, 2.45) is 10.9 Å². The lowest BCUT2D eigenvalue weighted by Crippen LogP contribution is -2.18. The third kappa shape index (κ3) is 1.93. The van der Waals surface area contributed by atoms with Crippen LogP contribution in [0.3, 0.4) is 0 Å². The number of nitro groups is 1. The van der Waals surface area contributed by atoms with Gasteiger partial charge in [0.05, 0.1) is 10.5 Å². The number of aromatic nitrogens is 4. The molecule has 0 saturated heterocycles. The van der Waals surface area contributed by atoms with E-state index in [0.717, 1.165) is 12.3 Å². The second-order valence-corrected chi connectivity index (χ2v) is 3.15. The fourth-order valence-corrected chi connectivity index (χ4v) is 1.29. The highest BCUT2D eigenvalue weighted by Crippen LogP contribution is 2.17. The molecule has 0 bridgehead atoms. The molecule has 2 heterocycles. The summed E-state index contributed by atoms with van der Waals surface area (Å²) in [5, 5.41) is 25.9. The van der Waals surface area contributed by atoms with Gasteiger partial charge >= 0.3 is 0 Å². The summed E-state index contributed by atoms with van der Waals surface area (Å²) in [6.07, 6.45) is 3.65. The fourth-order valence-electron chi connectivity index (χ4n) is 1.29. The molecule has 0 aliphatic carbocycles. The molecule has 0 radical (unpaired) electrons. The van der Waals surface area contributed by atoms with E-state index in [2.05, 4.69) is 20.2 Å². The van der Waals surface area contributed by atoms with Crippen LogP contribution >= 0.6 is 0 Å². The van der Waals surface area contributed by atoms with E-state index in [1.165, 1.54) is 17.3 Å². The van der Waals surface area contributed by atoms with Gasteiger partial charge in [0.1, 0.15) is 18.9 Å². The van der Waals surface area contributed by atoms with Crippen molar-refractivity contribution in [3.8, 4) is 5.82 Å². The molecule has 0 aliphatic heterocycles. The van der Waals surface area contributed by atoms with Gasteiger partial charge in [-0.2, -0.15) is 5.10 Å². The summed E-state index contributed by atoms with van der Waals surface area (Å²) in [5.41, 5.74) is 5.25. The van der Waals surface area contributed by atoms with Crippen LogP contribution in [0, 0.1) is 10.1 Å². The van der Waals surface area contributed by atoms with E-state index in [4.69, 9.17) is 10.9 Å². The number of hydrogen-bond donors (Lipinski definition) is 2. The SMILES string of the molecule is NC(=NO)c1cc([N+](=O)[O-])cnc1-n1cncn1. The summed E-state index contributed by atoms with van der Waals surface area (Å²) in [6.45, 7) is 0. The van der Waals surface area contributed by atoms with Crippen molar-refractivity contribution in [1.29, 1.82) is 0 Å². The van der Waals surface area contributed by atoms with E-state index in [1.54, 1.807) is 0 Å². The third-order valence-electron chi connectivity index (χ3n) is 2.08. The van der Waals surface area contributed by atoms with Crippen molar-refractivity contribution in [3.05, 3.63) is 40.6 Å². The molecular weight excluding hydrogens is 242 g/mol. The quantitative estimate of drug-likeness (QED) is 0.249. The molecule has 2 aromatic rings. The number of amidine groups is 1. The van der Waals surface area contributed by atoms with Crippen molar-refractivity contribution in [3.63, 3.8) is 0 Å². The Bertz CT molecular complexity index is 607. The summed E-state index contributed by atoms with van der Waals surface area (Å²) in [4.78, 5) is 17.6. The van der Waals surface area contributed by atoms with Crippen molar-refractivity contribution in [1.82, 2.24) is 19.7 Å². The van der Waals surface area contributed by atoms with Gasteiger partial charge in [0, 0.05) is 6.07 Å². The van der Waals surface area contributed by atoms with Gasteiger partial charge in [-0.05, 0) is 0 Å². The van der Waals surface area contributed by atoms with Crippen molar-refractivity contribution >= 4 is 11.5 Å². The Labute approximate surface area is 99.5 Å². The van der Waals surface area contributed by atoms with E-state index in [1.807, 2.05) is 0 Å². The predicted octanol–water partition coefficient (Wildman–Crippen LogP) is -0.335. The normalized spacial score (nSPS) is 11.4. The number of pyridine rings is 1. The van der Waals surface area contributed by atoms with Gasteiger partial charge in [0.2, 0.25) is 0 Å². The first-order valence-corrected chi connectivity index (χ1v) is 4.61. The first-order chi connectivity index (χ1) is 8.63. The van der Waals surface area contributed by atoms with Crippen LogP contribution in [-0.2, 0) is 0 Å². The predicted molar refractivity (Wildman–Crippen MR) is 58.3 cm³/mol. The summed E-state index contributed by atoms with van der Waals surface area (Å²) < 4.78 is 1.25. The largest absolute Gasteiger partial charge is 0.409 e. The second kappa shape index (κ2) is 4.45. The molecule has 2 rings (SSSR count). The minimum atomic E-state index is -0.633. The van der Waals surface area contributed by atoms with Crippen LogP contribution in [0.4, 0.5) is 5.69 Å². The Morgan fingerprint density at radius 1 is 1.61 bits per heavy atom. The highest BCUT2D eigenvalue weighted by Gasteiger charge is 2.17. The van der Waals surface area contributed by atoms with Crippen molar-refractivity contribution in [2.75, 3.05) is 0 Å². The lowest BCUT2D eigenvalue weighted by atomic mass is 10.2. The standard InChI is InChI=1S/C8H7N7O3/c9-7(13-16)6-1-5(15(17)18)2-11-8(6)14-4-10-3-12-14/h1-4,16H,(H2,9,13). The molecule has 0 spiro atoms. The van der Waals surface area contributed by atoms with Gasteiger partial charge in [0.15, 0.2) is 11.7 Å². The van der Waals surface area contributed by atoms with E-state index < -0.39 is 4.92 Å². The van der Waals surface area contributed by atoms with Crippen molar-refractivity contribution in [2.45, 2.75) is 0 Å². The average Bonchev–Trinajstić information content (AvgIpc) is 2.90. The van der Waals surface area contributed by atoms with Crippen molar-refractivity contribution < 1.29 is 10.1 Å². The summed E-state index contributed by atoms with van der Waals surface area (Å²) >= 11 is 0. The third-order valence-corrected chi connectivity index (χ3v) is 2.08. The monoisotopic (exact) mass is 249 g/mol. The van der Waals surface area contributed by atoms with E-state index in [-0.39, 0.29) is 22.9 Å². The molecule has 18 heavy (non-hydrogen) atoms. The lowest BCUT2D eigenvalue weighted by Gasteiger charge is -2.05. The molecule has 0 aromatic carbocycles. The Morgan fingerprint density at radius 3 is 2.94 bits per heavy atom. The molecular formula is C8H7N7O3. The van der Waals surface area contributed by atoms with Gasteiger partial charge in [-0.1, -0.05) is 5.16 Å². The maximum Gasteiger partial charge on any atom is 0.288 e. The van der Waals surface area contributed by atoms with Gasteiger partial charge < -0.3 is 10.9 Å². The maximum absolute atomic E-state index is 10.6. The lowest BCUT2D eigenvalue weighted by molar-refractivity contribution is -0.385. The number of nitrogens with two attached hydrogens (primary N) is 1. The van der Waals surface area contributed by atoms with Crippen LogP contribution in [-0.4, -0.2) is 35.7 Å². The topological polar surface area (TPSA) is 145 Å². The molecule has 10 nitrogen and oxygen atoms in total. The van der Waals surface area contributed by atoms with E-state index in [9.17, 15) is 10.1 Å². The van der Waals surface area contributed by atoms with Crippen LogP contribution in [0.1, 0.15) is 5.56 Å². The smallest absolute Gasteiger partial charge is 0.288 e. The minimum Gasteiger partial charge on any atom is -0.409 e. The first kappa shape index (κ1) is 11.4. The second-order valence-electron chi connectivity index (χ2n) is 3.15. The van der Waals surface area contributed by atoms with Gasteiger partial charge in [-0.15, -0.1) is 0 Å². The molecule has 0 atom stereocenters. The highest BCUT2D eigenvalue weighted by atomic mass is 16.6. The number of oxime groups is 1. The molecule has 0 unspecified atom stereocenters. The molecule has 0 fully saturated rings. The Morgan fingerprint density at radius 2 is 2.39 bits per heavy atom. The van der Waals surface area contributed by atoms with E-state index >= 15 is 0 Å². The molecule has 10 heteroatoms. The van der Waals surface area contributed by atoms with Gasteiger partial charge in [0.25, 0.3) is 5.69 Å². The average molecular weight is 249 g/mol. The summed E-state index contributed by atoms with van der Waals surface area (Å²) in [5.74, 6) is -0.134. The molecule has 0 saturated carbocycles. The zero-order valence-electron chi connectivity index (χ0n) is 8.83. The Balaban J connectivity index is 2.63. The zero-order valence-corrected chi connectivity index (χ0v) is 8.83. The molecule has 0 amide bonds.